The second-order valence-electron chi connectivity index (χ2n) is 3.60. The van der Waals surface area contributed by atoms with Crippen molar-refractivity contribution in [3.05, 3.63) is 27.5 Å². The molecular formula is C11H9BrN2OS. The number of hydrogen-bond donors (Lipinski definition) is 1. The molecule has 3 nitrogen and oxygen atoms in total. The van der Waals surface area contributed by atoms with Crippen molar-refractivity contribution in [1.82, 2.24) is 4.98 Å². The summed E-state index contributed by atoms with van der Waals surface area (Å²) in [7, 11) is 0. The number of nitrogens with two attached hydrogens (primary N) is 1. The molecule has 0 aliphatic carbocycles. The molecule has 0 fully saturated rings. The smallest absolute Gasteiger partial charge is 0.149 e. The molecule has 5 heteroatoms. The van der Waals surface area contributed by atoms with Crippen LogP contribution in [0.5, 0.6) is 5.75 Å². The van der Waals surface area contributed by atoms with Gasteiger partial charge in [0.2, 0.25) is 0 Å². The minimum absolute atomic E-state index is 0.553. The maximum atomic E-state index is 5.72. The number of halogens is 1. The van der Waals surface area contributed by atoms with Crippen molar-refractivity contribution in [2.24, 2.45) is 0 Å². The highest BCUT2D eigenvalue weighted by molar-refractivity contribution is 9.11. The maximum Gasteiger partial charge on any atom is 0.149 e. The first kappa shape index (κ1) is 10.1. The zero-order valence-electron chi connectivity index (χ0n) is 8.37. The van der Waals surface area contributed by atoms with Crippen LogP contribution >= 0.6 is 27.3 Å². The summed E-state index contributed by atoms with van der Waals surface area (Å²) in [6, 6.07) is 6.16. The first-order chi connectivity index (χ1) is 7.74. The molecule has 0 bridgehead atoms. The molecule has 0 saturated carbocycles. The quantitative estimate of drug-likeness (QED) is 0.880. The first-order valence-electron chi connectivity index (χ1n) is 4.92. The fourth-order valence-corrected chi connectivity index (χ4v) is 3.01. The van der Waals surface area contributed by atoms with Crippen LogP contribution in [0.25, 0.3) is 10.6 Å². The summed E-state index contributed by atoms with van der Waals surface area (Å²) in [5, 5.41) is 0.944. The van der Waals surface area contributed by atoms with E-state index in [2.05, 4.69) is 27.0 Å². The van der Waals surface area contributed by atoms with Gasteiger partial charge < -0.3 is 10.5 Å². The average molecular weight is 297 g/mol. The molecule has 0 atom stereocenters. The third-order valence-corrected chi connectivity index (χ3v) is 4.35. The Morgan fingerprint density at radius 3 is 3.06 bits per heavy atom. The highest BCUT2D eigenvalue weighted by atomic mass is 79.9. The largest absolute Gasteiger partial charge is 0.493 e. The van der Waals surface area contributed by atoms with Crippen LogP contribution in [-0.2, 0) is 6.42 Å². The first-order valence-corrected chi connectivity index (χ1v) is 6.53. The fourth-order valence-electron chi connectivity index (χ4n) is 1.76. The number of ether oxygens (including phenoxy) is 1. The molecule has 2 heterocycles. The van der Waals surface area contributed by atoms with Crippen LogP contribution in [0.3, 0.4) is 0 Å². The number of rotatable bonds is 1. The summed E-state index contributed by atoms with van der Waals surface area (Å²) in [5.74, 6) is 1.55. The monoisotopic (exact) mass is 296 g/mol. The van der Waals surface area contributed by atoms with Gasteiger partial charge >= 0.3 is 0 Å². The normalized spacial score (nSPS) is 13.6. The van der Waals surface area contributed by atoms with Crippen molar-refractivity contribution in [3.8, 4) is 16.3 Å². The minimum Gasteiger partial charge on any atom is -0.493 e. The van der Waals surface area contributed by atoms with Gasteiger partial charge in [-0.25, -0.2) is 4.98 Å². The van der Waals surface area contributed by atoms with Gasteiger partial charge in [-0.05, 0) is 39.7 Å². The van der Waals surface area contributed by atoms with E-state index in [9.17, 15) is 0 Å². The van der Waals surface area contributed by atoms with E-state index in [0.29, 0.717) is 5.82 Å². The molecule has 2 N–H and O–H groups in total. The summed E-state index contributed by atoms with van der Waals surface area (Å²) in [6.45, 7) is 0.780. The Hall–Kier alpha value is -1.07. The Bertz CT molecular complexity index is 533. The predicted molar refractivity (Wildman–Crippen MR) is 68.9 cm³/mol. The summed E-state index contributed by atoms with van der Waals surface area (Å²) in [6.07, 6.45) is 0.977. The van der Waals surface area contributed by atoms with Crippen molar-refractivity contribution in [1.29, 1.82) is 0 Å². The van der Waals surface area contributed by atoms with E-state index < -0.39 is 0 Å². The van der Waals surface area contributed by atoms with Gasteiger partial charge in [0.25, 0.3) is 0 Å². The molecule has 1 aromatic heterocycles. The predicted octanol–water partition coefficient (Wildman–Crippen LogP) is 3.09. The third-order valence-electron chi connectivity index (χ3n) is 2.55. The molecule has 82 valence electrons. The molecule has 3 rings (SSSR count). The van der Waals surface area contributed by atoms with Crippen molar-refractivity contribution in [3.63, 3.8) is 0 Å². The molecule has 0 radical (unpaired) electrons. The van der Waals surface area contributed by atoms with Crippen LogP contribution in [0.2, 0.25) is 0 Å². The van der Waals surface area contributed by atoms with Crippen molar-refractivity contribution < 1.29 is 4.74 Å². The van der Waals surface area contributed by atoms with Crippen LogP contribution in [0.1, 0.15) is 5.56 Å². The maximum absolute atomic E-state index is 5.72. The lowest BCUT2D eigenvalue weighted by Crippen LogP contribution is -1.85. The molecule has 1 aliphatic heterocycles. The summed E-state index contributed by atoms with van der Waals surface area (Å²) >= 11 is 4.93. The van der Waals surface area contributed by atoms with Crippen LogP contribution in [0.15, 0.2) is 22.0 Å². The molecule has 0 amide bonds. The number of anilines is 1. The number of fused-ring (bicyclic) bond motifs is 1. The third kappa shape index (κ3) is 1.60. The number of nitrogens with zero attached hydrogens (tertiary/aromatic N) is 1. The minimum atomic E-state index is 0.553. The van der Waals surface area contributed by atoms with Crippen LogP contribution < -0.4 is 10.5 Å². The molecule has 1 aliphatic rings. The Morgan fingerprint density at radius 2 is 2.31 bits per heavy atom. The van der Waals surface area contributed by atoms with E-state index in [4.69, 9.17) is 10.5 Å². The van der Waals surface area contributed by atoms with E-state index in [1.54, 1.807) is 11.3 Å². The summed E-state index contributed by atoms with van der Waals surface area (Å²) in [4.78, 5) is 4.31. The van der Waals surface area contributed by atoms with Gasteiger partial charge in [-0.3, -0.25) is 0 Å². The second kappa shape index (κ2) is 3.75. The van der Waals surface area contributed by atoms with E-state index in [-0.39, 0.29) is 0 Å². The second-order valence-corrected chi connectivity index (χ2v) is 5.92. The van der Waals surface area contributed by atoms with Crippen molar-refractivity contribution in [2.45, 2.75) is 6.42 Å². The standard InChI is InChI=1S/C11H9BrN2OS/c12-9-10(13)14-11(16-9)7-1-2-8-6(5-7)3-4-15-8/h1-2,5H,3-4,13H2. The molecule has 0 spiro atoms. The zero-order chi connectivity index (χ0) is 11.1. The highest BCUT2D eigenvalue weighted by Crippen LogP contribution is 2.36. The fraction of sp³-hybridized carbons (Fsp3) is 0.182. The average Bonchev–Trinajstić information content (AvgIpc) is 2.85. The number of benzene rings is 1. The number of thiazole rings is 1. The lowest BCUT2D eigenvalue weighted by molar-refractivity contribution is 0.357. The lowest BCUT2D eigenvalue weighted by Gasteiger charge is -2.00. The van der Waals surface area contributed by atoms with Crippen LogP contribution in [0, 0.1) is 0 Å². The Labute approximate surface area is 105 Å². The molecule has 1 aromatic carbocycles. The van der Waals surface area contributed by atoms with Crippen LogP contribution in [0.4, 0.5) is 5.82 Å². The topological polar surface area (TPSA) is 48.1 Å². The molecular weight excluding hydrogens is 288 g/mol. The van der Waals surface area contributed by atoms with E-state index >= 15 is 0 Å². The van der Waals surface area contributed by atoms with E-state index in [1.165, 1.54) is 5.56 Å². The van der Waals surface area contributed by atoms with E-state index in [1.807, 2.05) is 12.1 Å². The molecule has 16 heavy (non-hydrogen) atoms. The Morgan fingerprint density at radius 1 is 1.44 bits per heavy atom. The van der Waals surface area contributed by atoms with Crippen LogP contribution in [-0.4, -0.2) is 11.6 Å². The number of hydrogen-bond acceptors (Lipinski definition) is 4. The SMILES string of the molecule is Nc1nc(-c2ccc3c(c2)CCO3)sc1Br. The van der Waals surface area contributed by atoms with Gasteiger partial charge in [0.15, 0.2) is 0 Å². The Balaban J connectivity index is 2.07. The van der Waals surface area contributed by atoms with Gasteiger partial charge in [0.1, 0.15) is 20.4 Å². The number of nitrogen functional groups attached to an aromatic ring is 1. The van der Waals surface area contributed by atoms with Gasteiger partial charge in [0.05, 0.1) is 6.61 Å². The summed E-state index contributed by atoms with van der Waals surface area (Å²) in [5.41, 5.74) is 8.07. The van der Waals surface area contributed by atoms with Crippen molar-refractivity contribution >= 4 is 33.1 Å². The van der Waals surface area contributed by atoms with E-state index in [0.717, 1.165) is 33.1 Å². The number of aromatic nitrogens is 1. The molecule has 0 saturated heterocycles. The lowest BCUT2D eigenvalue weighted by atomic mass is 10.1. The molecule has 2 aromatic rings. The van der Waals surface area contributed by atoms with Crippen molar-refractivity contribution in [2.75, 3.05) is 12.3 Å². The highest BCUT2D eigenvalue weighted by Gasteiger charge is 2.14. The van der Waals surface area contributed by atoms with Gasteiger partial charge in [-0.1, -0.05) is 0 Å². The Kier molecular flexibility index (Phi) is 2.37. The zero-order valence-corrected chi connectivity index (χ0v) is 10.8. The molecule has 0 unspecified atom stereocenters. The van der Waals surface area contributed by atoms with Gasteiger partial charge in [-0.15, -0.1) is 11.3 Å². The van der Waals surface area contributed by atoms with Gasteiger partial charge in [0, 0.05) is 12.0 Å². The van der Waals surface area contributed by atoms with Gasteiger partial charge in [-0.2, -0.15) is 0 Å². The summed E-state index contributed by atoms with van der Waals surface area (Å²) < 4.78 is 6.36.